The van der Waals surface area contributed by atoms with E-state index >= 15 is 0 Å². The van der Waals surface area contributed by atoms with E-state index in [2.05, 4.69) is 6.92 Å². The van der Waals surface area contributed by atoms with Crippen LogP contribution in [0.5, 0.6) is 5.75 Å². The Morgan fingerprint density at radius 2 is 1.30 bits per heavy atom. The van der Waals surface area contributed by atoms with E-state index in [1.807, 2.05) is 6.08 Å². The Hall–Kier alpha value is -1.77. The van der Waals surface area contributed by atoms with Crippen LogP contribution in [0.1, 0.15) is 107 Å². The van der Waals surface area contributed by atoms with Gasteiger partial charge < -0.3 is 9.84 Å². The summed E-state index contributed by atoms with van der Waals surface area (Å²) >= 11 is 0. The molecule has 0 saturated heterocycles. The molecule has 1 N–H and O–H groups in total. The number of carbonyl (C=O) groups is 1. The van der Waals surface area contributed by atoms with Crippen LogP contribution in [0.15, 0.2) is 36.6 Å². The SMILES string of the molecule is CCCCCCCCCCCCCCC/C=C/OC(=O)c1ccc(O)cc1. The molecule has 0 bridgehead atoms. The highest BCUT2D eigenvalue weighted by atomic mass is 16.5. The third kappa shape index (κ3) is 13.1. The van der Waals surface area contributed by atoms with Crippen LogP contribution >= 0.6 is 0 Å². The van der Waals surface area contributed by atoms with E-state index in [-0.39, 0.29) is 5.75 Å². The fourth-order valence-electron chi connectivity index (χ4n) is 3.12. The lowest BCUT2D eigenvalue weighted by atomic mass is 10.0. The van der Waals surface area contributed by atoms with Gasteiger partial charge in [0, 0.05) is 0 Å². The highest BCUT2D eigenvalue weighted by molar-refractivity contribution is 5.89. The van der Waals surface area contributed by atoms with Crippen molar-refractivity contribution in [3.05, 3.63) is 42.2 Å². The summed E-state index contributed by atoms with van der Waals surface area (Å²) < 4.78 is 5.08. The molecule has 0 saturated carbocycles. The molecule has 1 rings (SSSR count). The van der Waals surface area contributed by atoms with E-state index in [0.29, 0.717) is 5.56 Å². The van der Waals surface area contributed by atoms with E-state index in [0.717, 1.165) is 12.8 Å². The van der Waals surface area contributed by atoms with Crippen molar-refractivity contribution in [3.8, 4) is 5.75 Å². The number of aromatic hydroxyl groups is 1. The van der Waals surface area contributed by atoms with Crippen LogP contribution < -0.4 is 0 Å². The van der Waals surface area contributed by atoms with Gasteiger partial charge in [-0.3, -0.25) is 0 Å². The molecular weight excluding hydrogens is 336 g/mol. The largest absolute Gasteiger partial charge is 0.508 e. The monoisotopic (exact) mass is 374 g/mol. The lowest BCUT2D eigenvalue weighted by molar-refractivity contribution is 0.0662. The number of phenols is 1. The second-order valence-electron chi connectivity index (χ2n) is 7.36. The summed E-state index contributed by atoms with van der Waals surface area (Å²) in [6.07, 6.45) is 21.9. The van der Waals surface area contributed by atoms with Gasteiger partial charge in [0.25, 0.3) is 0 Å². The Labute approximate surface area is 165 Å². The van der Waals surface area contributed by atoms with E-state index in [1.54, 1.807) is 12.1 Å². The van der Waals surface area contributed by atoms with Crippen LogP contribution in [0.4, 0.5) is 0 Å². The number of rotatable bonds is 16. The molecule has 0 aliphatic rings. The molecule has 27 heavy (non-hydrogen) atoms. The van der Waals surface area contributed by atoms with Gasteiger partial charge in [0.2, 0.25) is 0 Å². The van der Waals surface area contributed by atoms with Crippen molar-refractivity contribution in [2.75, 3.05) is 0 Å². The quantitative estimate of drug-likeness (QED) is 0.185. The fraction of sp³-hybridized carbons (Fsp3) is 0.625. The summed E-state index contributed by atoms with van der Waals surface area (Å²) in [5.41, 5.74) is 0.443. The molecule has 0 atom stereocenters. The maximum absolute atomic E-state index is 11.7. The minimum atomic E-state index is -0.392. The molecule has 152 valence electrons. The Morgan fingerprint density at radius 1 is 0.815 bits per heavy atom. The van der Waals surface area contributed by atoms with Crippen molar-refractivity contribution < 1.29 is 14.6 Å². The van der Waals surface area contributed by atoms with Crippen molar-refractivity contribution >= 4 is 5.97 Å². The molecular formula is C24H38O3. The zero-order valence-electron chi connectivity index (χ0n) is 17.1. The topological polar surface area (TPSA) is 46.5 Å². The third-order valence-electron chi connectivity index (χ3n) is 4.85. The Balaban J connectivity index is 1.86. The molecule has 0 unspecified atom stereocenters. The maximum atomic E-state index is 11.7. The summed E-state index contributed by atoms with van der Waals surface area (Å²) in [6.45, 7) is 2.27. The molecule has 0 aliphatic carbocycles. The fourth-order valence-corrected chi connectivity index (χ4v) is 3.12. The molecule has 1 aromatic rings. The smallest absolute Gasteiger partial charge is 0.342 e. The van der Waals surface area contributed by atoms with E-state index in [9.17, 15) is 9.90 Å². The molecule has 0 amide bonds. The van der Waals surface area contributed by atoms with Gasteiger partial charge in [-0.15, -0.1) is 0 Å². The summed E-state index contributed by atoms with van der Waals surface area (Å²) in [4.78, 5) is 11.7. The summed E-state index contributed by atoms with van der Waals surface area (Å²) in [6, 6.07) is 6.07. The van der Waals surface area contributed by atoms with Crippen LogP contribution in [-0.2, 0) is 4.74 Å². The highest BCUT2D eigenvalue weighted by Gasteiger charge is 2.04. The first kappa shape index (κ1) is 23.3. The Morgan fingerprint density at radius 3 is 1.81 bits per heavy atom. The maximum Gasteiger partial charge on any atom is 0.342 e. The summed E-state index contributed by atoms with van der Waals surface area (Å²) in [7, 11) is 0. The van der Waals surface area contributed by atoms with E-state index < -0.39 is 5.97 Å². The van der Waals surface area contributed by atoms with Gasteiger partial charge in [0.15, 0.2) is 0 Å². The second-order valence-corrected chi connectivity index (χ2v) is 7.36. The minimum Gasteiger partial charge on any atom is -0.508 e. The predicted molar refractivity (Wildman–Crippen MR) is 113 cm³/mol. The van der Waals surface area contributed by atoms with Crippen LogP contribution in [0.3, 0.4) is 0 Å². The van der Waals surface area contributed by atoms with Gasteiger partial charge in [-0.2, -0.15) is 0 Å². The van der Waals surface area contributed by atoms with Crippen molar-refractivity contribution in [2.24, 2.45) is 0 Å². The lowest BCUT2D eigenvalue weighted by Gasteiger charge is -2.02. The lowest BCUT2D eigenvalue weighted by Crippen LogP contribution is -1.99. The number of allylic oxidation sites excluding steroid dienone is 1. The van der Waals surface area contributed by atoms with Crippen LogP contribution in [-0.4, -0.2) is 11.1 Å². The normalized spacial score (nSPS) is 11.1. The van der Waals surface area contributed by atoms with Crippen LogP contribution in [0.25, 0.3) is 0 Å². The van der Waals surface area contributed by atoms with Gasteiger partial charge in [0.05, 0.1) is 11.8 Å². The Kier molecular flexibility index (Phi) is 14.1. The van der Waals surface area contributed by atoms with E-state index in [1.165, 1.54) is 95.4 Å². The number of hydrogen-bond acceptors (Lipinski definition) is 3. The second kappa shape index (κ2) is 16.4. The standard InChI is InChI=1S/C24H38O3/c1-2-3-4-5-6-7-8-9-10-11-12-13-14-15-16-21-27-24(26)22-17-19-23(25)20-18-22/h16-21,25H,2-15H2,1H3/b21-16+. The first-order chi connectivity index (χ1) is 13.2. The summed E-state index contributed by atoms with van der Waals surface area (Å²) in [5, 5.41) is 9.20. The average molecular weight is 375 g/mol. The molecule has 0 radical (unpaired) electrons. The van der Waals surface area contributed by atoms with Crippen LogP contribution in [0, 0.1) is 0 Å². The number of phenolic OH excluding ortho intramolecular Hbond substituents is 1. The van der Waals surface area contributed by atoms with Gasteiger partial charge in [0.1, 0.15) is 5.75 Å². The molecule has 0 heterocycles. The number of esters is 1. The predicted octanol–water partition coefficient (Wildman–Crippen LogP) is 7.54. The molecule has 0 aromatic heterocycles. The number of carbonyl (C=O) groups excluding carboxylic acids is 1. The van der Waals surface area contributed by atoms with E-state index in [4.69, 9.17) is 4.74 Å². The zero-order chi connectivity index (χ0) is 19.6. The van der Waals surface area contributed by atoms with Crippen molar-refractivity contribution in [3.63, 3.8) is 0 Å². The molecule has 0 fully saturated rings. The first-order valence-electron chi connectivity index (χ1n) is 10.9. The van der Waals surface area contributed by atoms with Crippen molar-refractivity contribution in [2.45, 2.75) is 96.8 Å². The molecule has 3 nitrogen and oxygen atoms in total. The molecule has 1 aromatic carbocycles. The third-order valence-corrected chi connectivity index (χ3v) is 4.85. The average Bonchev–Trinajstić information content (AvgIpc) is 2.68. The number of ether oxygens (including phenoxy) is 1. The van der Waals surface area contributed by atoms with Gasteiger partial charge in [-0.25, -0.2) is 4.79 Å². The highest BCUT2D eigenvalue weighted by Crippen LogP contribution is 2.13. The van der Waals surface area contributed by atoms with Gasteiger partial charge in [-0.05, 0) is 43.2 Å². The number of hydrogen-bond donors (Lipinski definition) is 1. The number of benzene rings is 1. The van der Waals surface area contributed by atoms with Gasteiger partial charge >= 0.3 is 5.97 Å². The molecule has 0 spiro atoms. The zero-order valence-corrected chi connectivity index (χ0v) is 17.1. The van der Waals surface area contributed by atoms with Crippen molar-refractivity contribution in [1.29, 1.82) is 0 Å². The van der Waals surface area contributed by atoms with Gasteiger partial charge in [-0.1, -0.05) is 84.0 Å². The first-order valence-corrected chi connectivity index (χ1v) is 10.9. The summed E-state index contributed by atoms with van der Waals surface area (Å²) in [5.74, 6) is -0.249. The number of unbranched alkanes of at least 4 members (excludes halogenated alkanes) is 13. The molecule has 3 heteroatoms. The minimum absolute atomic E-state index is 0.143. The van der Waals surface area contributed by atoms with Crippen LogP contribution in [0.2, 0.25) is 0 Å². The molecule has 0 aliphatic heterocycles. The Bertz CT molecular complexity index is 505. The van der Waals surface area contributed by atoms with Crippen molar-refractivity contribution in [1.82, 2.24) is 0 Å².